The van der Waals surface area contributed by atoms with Gasteiger partial charge in [-0.05, 0) is 28.1 Å². The van der Waals surface area contributed by atoms with Crippen molar-refractivity contribution in [2.45, 2.75) is 0 Å². The molecular weight excluding hydrogens is 306 g/mol. The largest absolute Gasteiger partial charge is 0.477 e. The number of carbonyl (C=O) groups is 1. The molecule has 0 radical (unpaired) electrons. The molecule has 0 aliphatic rings. The Balaban J connectivity index is 2.69. The van der Waals surface area contributed by atoms with Crippen LogP contribution >= 0.6 is 15.9 Å². The zero-order chi connectivity index (χ0) is 13.3. The quantitative estimate of drug-likeness (QED) is 0.692. The molecule has 0 aromatic carbocycles. The smallest absolute Gasteiger partial charge is 0.352 e. The minimum atomic E-state index is -1.19. The summed E-state index contributed by atoms with van der Waals surface area (Å²) in [5.74, 6) is -1.23. The van der Waals surface area contributed by atoms with E-state index in [9.17, 15) is 14.9 Å². The lowest BCUT2D eigenvalue weighted by Gasteiger charge is -2.05. The molecule has 0 aliphatic heterocycles. The molecule has 1 N–H and O–H groups in total. The van der Waals surface area contributed by atoms with E-state index in [2.05, 4.69) is 20.9 Å². The maximum atomic E-state index is 11.1. The Morgan fingerprint density at radius 3 is 2.89 bits per heavy atom. The molecule has 0 spiro atoms. The van der Waals surface area contributed by atoms with Crippen LogP contribution in [0.15, 0.2) is 35.1 Å². The van der Waals surface area contributed by atoms with Crippen LogP contribution in [-0.2, 0) is 0 Å². The molecule has 0 atom stereocenters. The highest BCUT2D eigenvalue weighted by Gasteiger charge is 2.21. The molecule has 0 amide bonds. The Bertz CT molecular complexity index is 638. The van der Waals surface area contributed by atoms with Crippen molar-refractivity contribution in [3.05, 3.63) is 50.9 Å². The van der Waals surface area contributed by atoms with Gasteiger partial charge in [0.2, 0.25) is 5.82 Å². The molecule has 8 heteroatoms. The fourth-order valence-electron chi connectivity index (χ4n) is 1.49. The molecule has 92 valence electrons. The van der Waals surface area contributed by atoms with Gasteiger partial charge >= 0.3 is 11.7 Å². The van der Waals surface area contributed by atoms with Crippen molar-refractivity contribution in [3.8, 4) is 5.82 Å². The Morgan fingerprint density at radius 1 is 1.56 bits per heavy atom. The van der Waals surface area contributed by atoms with Crippen LogP contribution in [0, 0.1) is 10.1 Å². The normalized spacial score (nSPS) is 10.3. The van der Waals surface area contributed by atoms with Gasteiger partial charge in [-0.15, -0.1) is 0 Å². The lowest BCUT2D eigenvalue weighted by atomic mass is 10.3. The van der Waals surface area contributed by atoms with E-state index < -0.39 is 10.9 Å². The second kappa shape index (κ2) is 4.57. The highest BCUT2D eigenvalue weighted by atomic mass is 79.9. The highest BCUT2D eigenvalue weighted by Crippen LogP contribution is 2.25. The van der Waals surface area contributed by atoms with Crippen molar-refractivity contribution >= 4 is 27.6 Å². The molecule has 2 aromatic rings. The van der Waals surface area contributed by atoms with Crippen LogP contribution in [0.5, 0.6) is 0 Å². The number of rotatable bonds is 3. The standard InChI is InChI=1S/C10H6BrN3O4/c11-6-4-8(10(15)16)13(5-6)9-7(14(17)18)2-1-3-12-9/h1-5H,(H,15,16). The van der Waals surface area contributed by atoms with Crippen molar-refractivity contribution in [3.63, 3.8) is 0 Å². The fourth-order valence-corrected chi connectivity index (χ4v) is 1.91. The third kappa shape index (κ3) is 2.09. The minimum Gasteiger partial charge on any atom is -0.477 e. The summed E-state index contributed by atoms with van der Waals surface area (Å²) in [6, 6.07) is 4.03. The number of aromatic nitrogens is 2. The monoisotopic (exact) mass is 311 g/mol. The SMILES string of the molecule is O=C(O)c1cc(Br)cn1-c1ncccc1[N+](=O)[O-]. The second-order valence-electron chi connectivity index (χ2n) is 3.32. The molecule has 2 aromatic heterocycles. The first-order chi connectivity index (χ1) is 8.50. The van der Waals surface area contributed by atoms with E-state index in [1.807, 2.05) is 0 Å². The second-order valence-corrected chi connectivity index (χ2v) is 4.24. The van der Waals surface area contributed by atoms with E-state index in [-0.39, 0.29) is 17.2 Å². The number of aromatic carboxylic acids is 1. The number of nitro groups is 1. The summed E-state index contributed by atoms with van der Waals surface area (Å²) in [4.78, 5) is 25.2. The van der Waals surface area contributed by atoms with E-state index in [1.54, 1.807) is 0 Å². The minimum absolute atomic E-state index is 0.0365. The predicted molar refractivity (Wildman–Crippen MR) is 64.9 cm³/mol. The average Bonchev–Trinajstić information content (AvgIpc) is 2.71. The summed E-state index contributed by atoms with van der Waals surface area (Å²) in [6.45, 7) is 0. The number of carboxylic acid groups (broad SMARTS) is 1. The van der Waals surface area contributed by atoms with E-state index in [4.69, 9.17) is 5.11 Å². The topological polar surface area (TPSA) is 98.3 Å². The van der Waals surface area contributed by atoms with Gasteiger partial charge in [0, 0.05) is 22.9 Å². The number of halogens is 1. The third-order valence-corrected chi connectivity index (χ3v) is 2.63. The molecule has 0 fully saturated rings. The third-order valence-electron chi connectivity index (χ3n) is 2.20. The molecular formula is C10H6BrN3O4. The molecule has 0 bridgehead atoms. The summed E-state index contributed by atoms with van der Waals surface area (Å²) < 4.78 is 1.66. The Labute approximate surface area is 109 Å². The van der Waals surface area contributed by atoms with Crippen LogP contribution < -0.4 is 0 Å². The Morgan fingerprint density at radius 2 is 2.28 bits per heavy atom. The number of hydrogen-bond acceptors (Lipinski definition) is 4. The van der Waals surface area contributed by atoms with Crippen molar-refractivity contribution in [2.24, 2.45) is 0 Å². The number of hydrogen-bond donors (Lipinski definition) is 1. The molecule has 7 nitrogen and oxygen atoms in total. The van der Waals surface area contributed by atoms with Gasteiger partial charge in [0.05, 0.1) is 4.92 Å². The first-order valence-electron chi connectivity index (χ1n) is 4.71. The van der Waals surface area contributed by atoms with Gasteiger partial charge in [-0.3, -0.25) is 14.7 Å². The van der Waals surface area contributed by atoms with Crippen molar-refractivity contribution < 1.29 is 14.8 Å². The summed E-state index contributed by atoms with van der Waals surface area (Å²) in [7, 11) is 0. The maximum absolute atomic E-state index is 11.1. The van der Waals surface area contributed by atoms with Crippen LogP contribution in [0.2, 0.25) is 0 Å². The molecule has 0 unspecified atom stereocenters. The van der Waals surface area contributed by atoms with Crippen LogP contribution in [0.25, 0.3) is 5.82 Å². The number of nitrogens with zero attached hydrogens (tertiary/aromatic N) is 3. The fraction of sp³-hybridized carbons (Fsp3) is 0. The van der Waals surface area contributed by atoms with Crippen LogP contribution in [0.1, 0.15) is 10.5 Å². The van der Waals surface area contributed by atoms with Gasteiger partial charge in [0.15, 0.2) is 0 Å². The van der Waals surface area contributed by atoms with Gasteiger partial charge in [-0.1, -0.05) is 0 Å². The lowest BCUT2D eigenvalue weighted by molar-refractivity contribution is -0.384. The molecule has 2 heterocycles. The van der Waals surface area contributed by atoms with Gasteiger partial charge in [-0.25, -0.2) is 9.78 Å². The lowest BCUT2D eigenvalue weighted by Crippen LogP contribution is -2.09. The van der Waals surface area contributed by atoms with Gasteiger partial charge < -0.3 is 5.11 Å². The van der Waals surface area contributed by atoms with E-state index in [0.29, 0.717) is 4.47 Å². The Kier molecular flexibility index (Phi) is 3.11. The van der Waals surface area contributed by atoms with Crippen molar-refractivity contribution in [1.82, 2.24) is 9.55 Å². The molecule has 18 heavy (non-hydrogen) atoms. The van der Waals surface area contributed by atoms with E-state index in [0.717, 1.165) is 4.57 Å². The van der Waals surface area contributed by atoms with Gasteiger partial charge in [0.25, 0.3) is 0 Å². The van der Waals surface area contributed by atoms with Gasteiger partial charge in [0.1, 0.15) is 5.69 Å². The number of carboxylic acids is 1. The zero-order valence-corrected chi connectivity index (χ0v) is 10.4. The maximum Gasteiger partial charge on any atom is 0.352 e. The molecule has 0 aliphatic carbocycles. The Hall–Kier alpha value is -2.22. The molecule has 0 saturated carbocycles. The average molecular weight is 312 g/mol. The van der Waals surface area contributed by atoms with Crippen LogP contribution in [-0.4, -0.2) is 25.6 Å². The first-order valence-corrected chi connectivity index (χ1v) is 5.51. The van der Waals surface area contributed by atoms with E-state index >= 15 is 0 Å². The first kappa shape index (κ1) is 12.2. The van der Waals surface area contributed by atoms with Gasteiger partial charge in [-0.2, -0.15) is 0 Å². The van der Waals surface area contributed by atoms with E-state index in [1.165, 1.54) is 30.6 Å². The predicted octanol–water partition coefficient (Wildman–Crippen LogP) is 2.24. The highest BCUT2D eigenvalue weighted by molar-refractivity contribution is 9.10. The summed E-state index contributed by atoms with van der Waals surface area (Å²) in [6.07, 6.45) is 2.78. The van der Waals surface area contributed by atoms with Crippen LogP contribution in [0.3, 0.4) is 0 Å². The summed E-state index contributed by atoms with van der Waals surface area (Å²) in [5, 5.41) is 19.9. The van der Waals surface area contributed by atoms with Crippen molar-refractivity contribution in [2.75, 3.05) is 0 Å². The number of pyridine rings is 1. The van der Waals surface area contributed by atoms with Crippen LogP contribution in [0.4, 0.5) is 5.69 Å². The molecule has 2 rings (SSSR count). The van der Waals surface area contributed by atoms with Crippen molar-refractivity contribution in [1.29, 1.82) is 0 Å². The summed E-state index contributed by atoms with van der Waals surface area (Å²) in [5.41, 5.74) is -0.369. The zero-order valence-electron chi connectivity index (χ0n) is 8.78. The summed E-state index contributed by atoms with van der Waals surface area (Å²) >= 11 is 3.13. The molecule has 0 saturated heterocycles.